The minimum absolute atomic E-state index is 0.0583. The third-order valence-corrected chi connectivity index (χ3v) is 5.59. The van der Waals surface area contributed by atoms with E-state index < -0.39 is 11.6 Å². The summed E-state index contributed by atoms with van der Waals surface area (Å²) in [5.41, 5.74) is 1.27. The first kappa shape index (κ1) is 17.9. The molecule has 4 rings (SSSR count). The Morgan fingerprint density at radius 2 is 1.93 bits per heavy atom. The maximum absolute atomic E-state index is 13.4. The van der Waals surface area contributed by atoms with Crippen molar-refractivity contribution in [3.05, 3.63) is 53.6 Å². The van der Waals surface area contributed by atoms with Gasteiger partial charge in [-0.25, -0.2) is 9.37 Å². The number of benzene rings is 1. The number of likely N-dealkylation sites (tertiary alicyclic amines) is 1. The average Bonchev–Trinajstić information content (AvgIpc) is 3.17. The molecule has 0 bridgehead atoms. The molecule has 5 nitrogen and oxygen atoms in total. The molecule has 0 spiro atoms. The third kappa shape index (κ3) is 3.95. The van der Waals surface area contributed by atoms with Gasteiger partial charge >= 0.3 is 0 Å². The molecule has 2 aromatic rings. The molecule has 1 aromatic heterocycles. The van der Waals surface area contributed by atoms with Crippen molar-refractivity contribution in [2.24, 2.45) is 11.8 Å². The summed E-state index contributed by atoms with van der Waals surface area (Å²) < 4.78 is 19.5. The Kier molecular flexibility index (Phi) is 4.83. The number of hydrogen-bond acceptors (Lipinski definition) is 5. The van der Waals surface area contributed by atoms with Gasteiger partial charge in [0.05, 0.1) is 18.8 Å². The molecule has 3 atom stereocenters. The van der Waals surface area contributed by atoms with E-state index in [2.05, 4.69) is 28.9 Å². The molecule has 0 amide bonds. The van der Waals surface area contributed by atoms with Gasteiger partial charge in [0.25, 0.3) is 0 Å². The topological polar surface area (TPSA) is 62.7 Å². The van der Waals surface area contributed by atoms with Crippen LogP contribution in [0.4, 0.5) is 4.39 Å². The second-order valence-corrected chi connectivity index (χ2v) is 7.68. The van der Waals surface area contributed by atoms with E-state index in [1.807, 2.05) is 12.1 Å². The maximum atomic E-state index is 13.4. The zero-order valence-electron chi connectivity index (χ0n) is 15.3. The van der Waals surface area contributed by atoms with Crippen molar-refractivity contribution >= 4 is 5.78 Å². The van der Waals surface area contributed by atoms with Gasteiger partial charge in [0.2, 0.25) is 0 Å². The highest BCUT2D eigenvalue weighted by atomic mass is 19.1. The molecule has 1 aliphatic carbocycles. The third-order valence-electron chi connectivity index (χ3n) is 5.59. The van der Waals surface area contributed by atoms with Crippen molar-refractivity contribution in [3.8, 4) is 11.5 Å². The zero-order valence-corrected chi connectivity index (χ0v) is 15.3. The Hall–Kier alpha value is -2.47. The predicted molar refractivity (Wildman–Crippen MR) is 98.4 cm³/mol. The Balaban J connectivity index is 1.30. The fraction of sp³-hybridized carbons (Fsp3) is 0.429. The van der Waals surface area contributed by atoms with Crippen LogP contribution in [0.15, 0.2) is 36.5 Å². The van der Waals surface area contributed by atoms with E-state index in [0.717, 1.165) is 43.9 Å². The lowest BCUT2D eigenvalue weighted by Gasteiger charge is -2.19. The van der Waals surface area contributed by atoms with Crippen molar-refractivity contribution in [1.82, 2.24) is 9.88 Å². The van der Waals surface area contributed by atoms with Crippen LogP contribution in [0.1, 0.15) is 28.9 Å². The zero-order chi connectivity index (χ0) is 19.0. The number of Topliss-reactive ketones (excluding diaryl/α,β-unsaturated/α-hetero) is 1. The van der Waals surface area contributed by atoms with Crippen LogP contribution in [-0.2, 0) is 0 Å². The molecule has 2 aliphatic rings. The molecule has 1 aromatic carbocycles. The standard InChI is InChI=1S/C21H23FN2O3/c1-13-2-4-16(5-3-13)27-17-6-14-10-24(11-15(14)7-17)12-21(26)19-8-18(22)20(25)9-23-19/h2-5,8-9,14-15,17,25H,6-7,10-12H2,1H3/t14-,15+,17?. The quantitative estimate of drug-likeness (QED) is 0.819. The van der Waals surface area contributed by atoms with Gasteiger partial charge in [-0.1, -0.05) is 17.7 Å². The number of aromatic hydroxyl groups is 1. The van der Waals surface area contributed by atoms with Crippen LogP contribution in [0.3, 0.4) is 0 Å². The second kappa shape index (κ2) is 7.27. The van der Waals surface area contributed by atoms with E-state index in [-0.39, 0.29) is 24.1 Å². The van der Waals surface area contributed by atoms with Gasteiger partial charge in [-0.3, -0.25) is 9.69 Å². The summed E-state index contributed by atoms with van der Waals surface area (Å²) in [6.45, 7) is 3.99. The van der Waals surface area contributed by atoms with Crippen molar-refractivity contribution in [2.75, 3.05) is 19.6 Å². The molecule has 1 saturated carbocycles. The fourth-order valence-electron chi connectivity index (χ4n) is 4.24. The van der Waals surface area contributed by atoms with Gasteiger partial charge in [0.15, 0.2) is 17.3 Å². The first-order valence-electron chi connectivity index (χ1n) is 9.31. The average molecular weight is 370 g/mol. The van der Waals surface area contributed by atoms with E-state index in [1.165, 1.54) is 5.56 Å². The summed E-state index contributed by atoms with van der Waals surface area (Å²) in [5, 5.41) is 9.19. The molecular formula is C21H23FN2O3. The van der Waals surface area contributed by atoms with Crippen molar-refractivity contribution in [1.29, 1.82) is 0 Å². The molecule has 6 heteroatoms. The number of hydrogen-bond donors (Lipinski definition) is 1. The highest BCUT2D eigenvalue weighted by molar-refractivity contribution is 5.95. The van der Waals surface area contributed by atoms with Crippen LogP contribution >= 0.6 is 0 Å². The number of carbonyl (C=O) groups excluding carboxylic acids is 1. The van der Waals surface area contributed by atoms with E-state index in [4.69, 9.17) is 4.74 Å². The normalized spacial score (nSPS) is 24.7. The summed E-state index contributed by atoms with van der Waals surface area (Å²) in [4.78, 5) is 18.3. The largest absolute Gasteiger partial charge is 0.504 e. The highest BCUT2D eigenvalue weighted by Gasteiger charge is 2.42. The summed E-state index contributed by atoms with van der Waals surface area (Å²) in [6, 6.07) is 9.13. The Labute approximate surface area is 157 Å². The number of carbonyl (C=O) groups is 1. The number of ketones is 1. The number of nitrogens with zero attached hydrogens (tertiary/aromatic N) is 2. The Bertz CT molecular complexity index is 826. The number of rotatable bonds is 5. The highest BCUT2D eigenvalue weighted by Crippen LogP contribution is 2.39. The molecule has 2 fully saturated rings. The molecule has 1 aliphatic heterocycles. The van der Waals surface area contributed by atoms with Crippen molar-refractivity contribution in [3.63, 3.8) is 0 Å². The number of pyridine rings is 1. The van der Waals surface area contributed by atoms with E-state index in [0.29, 0.717) is 11.8 Å². The first-order valence-corrected chi connectivity index (χ1v) is 9.31. The smallest absolute Gasteiger partial charge is 0.195 e. The van der Waals surface area contributed by atoms with Crippen molar-refractivity contribution < 1.29 is 19.0 Å². The van der Waals surface area contributed by atoms with Crippen LogP contribution in [0.5, 0.6) is 11.5 Å². The lowest BCUT2D eigenvalue weighted by molar-refractivity contribution is 0.0931. The Morgan fingerprint density at radius 3 is 2.56 bits per heavy atom. The first-order chi connectivity index (χ1) is 13.0. The molecule has 1 N–H and O–H groups in total. The van der Waals surface area contributed by atoms with E-state index in [9.17, 15) is 14.3 Å². The fourth-order valence-corrected chi connectivity index (χ4v) is 4.24. The summed E-state index contributed by atoms with van der Waals surface area (Å²) in [7, 11) is 0. The number of aryl methyl sites for hydroxylation is 1. The van der Waals surface area contributed by atoms with Crippen LogP contribution < -0.4 is 4.74 Å². The number of ether oxygens (including phenoxy) is 1. The van der Waals surface area contributed by atoms with Gasteiger partial charge in [0.1, 0.15) is 11.4 Å². The van der Waals surface area contributed by atoms with Crippen LogP contribution in [0.2, 0.25) is 0 Å². The lowest BCUT2D eigenvalue weighted by Crippen LogP contribution is -2.30. The summed E-state index contributed by atoms with van der Waals surface area (Å²) >= 11 is 0. The van der Waals surface area contributed by atoms with Gasteiger partial charge < -0.3 is 9.84 Å². The lowest BCUT2D eigenvalue weighted by atomic mass is 10.0. The molecule has 1 saturated heterocycles. The van der Waals surface area contributed by atoms with Gasteiger partial charge in [-0.05, 0) is 43.7 Å². The summed E-state index contributed by atoms with van der Waals surface area (Å²) in [5.74, 6) is 0.388. The molecule has 0 radical (unpaired) electrons. The number of aromatic nitrogens is 1. The molecule has 1 unspecified atom stereocenters. The van der Waals surface area contributed by atoms with Crippen LogP contribution in [0, 0.1) is 24.6 Å². The van der Waals surface area contributed by atoms with Gasteiger partial charge in [0, 0.05) is 19.2 Å². The minimum Gasteiger partial charge on any atom is -0.504 e. The minimum atomic E-state index is -0.817. The molecular weight excluding hydrogens is 347 g/mol. The maximum Gasteiger partial charge on any atom is 0.195 e. The second-order valence-electron chi connectivity index (χ2n) is 7.68. The SMILES string of the molecule is Cc1ccc(OC2C[C@@H]3CN(CC(=O)c4cc(F)c(O)cn4)C[C@@H]3C2)cc1. The van der Waals surface area contributed by atoms with Crippen LogP contribution in [0.25, 0.3) is 0 Å². The predicted octanol–water partition coefficient (Wildman–Crippen LogP) is 3.21. The summed E-state index contributed by atoms with van der Waals surface area (Å²) in [6.07, 6.45) is 3.20. The van der Waals surface area contributed by atoms with E-state index >= 15 is 0 Å². The molecule has 27 heavy (non-hydrogen) atoms. The Morgan fingerprint density at radius 1 is 1.26 bits per heavy atom. The monoisotopic (exact) mass is 370 g/mol. The van der Waals surface area contributed by atoms with Crippen molar-refractivity contribution in [2.45, 2.75) is 25.9 Å². The number of fused-ring (bicyclic) bond motifs is 1. The molecule has 2 heterocycles. The number of halogens is 1. The van der Waals surface area contributed by atoms with Crippen LogP contribution in [-0.4, -0.2) is 46.5 Å². The van der Waals surface area contributed by atoms with Gasteiger partial charge in [-0.15, -0.1) is 0 Å². The van der Waals surface area contributed by atoms with E-state index in [1.54, 1.807) is 0 Å². The van der Waals surface area contributed by atoms with Gasteiger partial charge in [-0.2, -0.15) is 0 Å². The molecule has 142 valence electrons.